The highest BCUT2D eigenvalue weighted by Crippen LogP contribution is 2.55. The number of nitrogens with zero attached hydrogens (tertiary/aromatic N) is 2. The molecule has 0 radical (unpaired) electrons. The molecule has 0 saturated heterocycles. The van der Waals surface area contributed by atoms with Gasteiger partial charge in [0.2, 0.25) is 0 Å². The summed E-state index contributed by atoms with van der Waals surface area (Å²) in [5, 5.41) is 5.12. The SMILES string of the molecule is CC1(C)c2ccccc2-c2c(-c3cc(-c4ccccc4)nc(-c4ccc(-n5c6ccccc6c6ccccc65)cc4)c3)cc3ccccc3c21. The Balaban J connectivity index is 1.19. The Labute approximate surface area is 291 Å². The summed E-state index contributed by atoms with van der Waals surface area (Å²) >= 11 is 0. The Hall–Kier alpha value is -6.25. The molecule has 236 valence electrons. The van der Waals surface area contributed by atoms with E-state index in [9.17, 15) is 0 Å². The third kappa shape index (κ3) is 4.25. The van der Waals surface area contributed by atoms with E-state index >= 15 is 0 Å². The van der Waals surface area contributed by atoms with Crippen LogP contribution in [0.2, 0.25) is 0 Å². The lowest BCUT2D eigenvalue weighted by Crippen LogP contribution is -2.15. The van der Waals surface area contributed by atoms with Gasteiger partial charge in [-0.2, -0.15) is 0 Å². The van der Waals surface area contributed by atoms with E-state index < -0.39 is 0 Å². The van der Waals surface area contributed by atoms with Crippen molar-refractivity contribution in [2.24, 2.45) is 0 Å². The average Bonchev–Trinajstić information content (AvgIpc) is 3.64. The molecule has 50 heavy (non-hydrogen) atoms. The zero-order valence-electron chi connectivity index (χ0n) is 28.1. The fourth-order valence-corrected chi connectivity index (χ4v) is 8.46. The lowest BCUT2D eigenvalue weighted by molar-refractivity contribution is 0.666. The Morgan fingerprint density at radius 3 is 1.72 bits per heavy atom. The van der Waals surface area contributed by atoms with Gasteiger partial charge >= 0.3 is 0 Å². The summed E-state index contributed by atoms with van der Waals surface area (Å²) in [5.74, 6) is 0. The molecule has 2 heterocycles. The van der Waals surface area contributed by atoms with Crippen molar-refractivity contribution in [3.05, 3.63) is 181 Å². The van der Waals surface area contributed by atoms with Crippen molar-refractivity contribution in [2.45, 2.75) is 19.3 Å². The number of benzene rings is 7. The van der Waals surface area contributed by atoms with Gasteiger partial charge in [-0.05, 0) is 86.6 Å². The molecule has 0 fully saturated rings. The summed E-state index contributed by atoms with van der Waals surface area (Å²) in [5.41, 5.74) is 15.4. The Kier molecular flexibility index (Phi) is 6.25. The molecule has 0 amide bonds. The third-order valence-corrected chi connectivity index (χ3v) is 10.8. The van der Waals surface area contributed by atoms with Crippen molar-refractivity contribution in [1.82, 2.24) is 9.55 Å². The van der Waals surface area contributed by atoms with Gasteiger partial charge in [-0.25, -0.2) is 4.98 Å². The van der Waals surface area contributed by atoms with E-state index in [0.29, 0.717) is 0 Å². The maximum atomic E-state index is 5.31. The molecule has 0 atom stereocenters. The molecule has 7 aromatic carbocycles. The number of fused-ring (bicyclic) bond motifs is 8. The Morgan fingerprint density at radius 1 is 0.460 bits per heavy atom. The number of aromatic nitrogens is 2. The van der Waals surface area contributed by atoms with Crippen LogP contribution >= 0.6 is 0 Å². The number of pyridine rings is 1. The number of rotatable bonds is 4. The van der Waals surface area contributed by atoms with Crippen LogP contribution in [0.4, 0.5) is 0 Å². The third-order valence-electron chi connectivity index (χ3n) is 10.8. The van der Waals surface area contributed by atoms with Crippen LogP contribution < -0.4 is 0 Å². The van der Waals surface area contributed by atoms with Gasteiger partial charge in [0.1, 0.15) is 0 Å². The monoisotopic (exact) mass is 638 g/mol. The molecular weight excluding hydrogens is 605 g/mol. The number of para-hydroxylation sites is 2. The largest absolute Gasteiger partial charge is 0.309 e. The Morgan fingerprint density at radius 2 is 1.02 bits per heavy atom. The molecule has 2 nitrogen and oxygen atoms in total. The predicted molar refractivity (Wildman–Crippen MR) is 210 cm³/mol. The van der Waals surface area contributed by atoms with Gasteiger partial charge in [0.25, 0.3) is 0 Å². The van der Waals surface area contributed by atoms with Crippen LogP contribution in [0.3, 0.4) is 0 Å². The topological polar surface area (TPSA) is 17.8 Å². The molecule has 0 N–H and O–H groups in total. The minimum atomic E-state index is -0.123. The van der Waals surface area contributed by atoms with Gasteiger partial charge in [-0.3, -0.25) is 0 Å². The maximum Gasteiger partial charge on any atom is 0.0715 e. The van der Waals surface area contributed by atoms with Gasteiger partial charge in [-0.1, -0.05) is 141 Å². The van der Waals surface area contributed by atoms with Crippen molar-refractivity contribution in [3.8, 4) is 50.5 Å². The first-order chi connectivity index (χ1) is 24.6. The minimum absolute atomic E-state index is 0.123. The summed E-state index contributed by atoms with van der Waals surface area (Å²) in [7, 11) is 0. The first kappa shape index (κ1) is 28.7. The molecule has 2 aromatic heterocycles. The van der Waals surface area contributed by atoms with E-state index in [-0.39, 0.29) is 5.41 Å². The second-order valence-corrected chi connectivity index (χ2v) is 14.0. The van der Waals surface area contributed by atoms with Gasteiger partial charge in [-0.15, -0.1) is 0 Å². The van der Waals surface area contributed by atoms with E-state index in [1.54, 1.807) is 0 Å². The van der Waals surface area contributed by atoms with Crippen LogP contribution in [-0.4, -0.2) is 9.55 Å². The van der Waals surface area contributed by atoms with Gasteiger partial charge in [0, 0.05) is 33.0 Å². The number of hydrogen-bond acceptors (Lipinski definition) is 1. The van der Waals surface area contributed by atoms with Crippen LogP contribution in [-0.2, 0) is 5.41 Å². The zero-order valence-corrected chi connectivity index (χ0v) is 28.1. The number of hydrogen-bond donors (Lipinski definition) is 0. The lowest BCUT2D eigenvalue weighted by Gasteiger charge is -2.24. The molecule has 9 aromatic rings. The zero-order chi connectivity index (χ0) is 33.4. The van der Waals surface area contributed by atoms with Crippen molar-refractivity contribution >= 4 is 32.6 Å². The molecule has 10 rings (SSSR count). The van der Waals surface area contributed by atoms with E-state index in [1.807, 2.05) is 0 Å². The average molecular weight is 639 g/mol. The summed E-state index contributed by atoms with van der Waals surface area (Å²) in [6, 6.07) is 61.6. The predicted octanol–water partition coefficient (Wildman–Crippen LogP) is 12.6. The summed E-state index contributed by atoms with van der Waals surface area (Å²) < 4.78 is 2.37. The quantitative estimate of drug-likeness (QED) is 0.188. The smallest absolute Gasteiger partial charge is 0.0715 e. The highest BCUT2D eigenvalue weighted by molar-refractivity contribution is 6.09. The molecule has 1 aliphatic rings. The van der Waals surface area contributed by atoms with E-state index in [0.717, 1.165) is 28.2 Å². The maximum absolute atomic E-state index is 5.31. The van der Waals surface area contributed by atoms with Gasteiger partial charge in [0.15, 0.2) is 0 Å². The lowest BCUT2D eigenvalue weighted by atomic mass is 9.79. The van der Waals surface area contributed by atoms with Crippen LogP contribution in [0, 0.1) is 0 Å². The normalized spacial score (nSPS) is 13.2. The fourth-order valence-electron chi connectivity index (χ4n) is 8.46. The van der Waals surface area contributed by atoms with Gasteiger partial charge in [0.05, 0.1) is 22.4 Å². The fraction of sp³-hybridized carbons (Fsp3) is 0.0625. The molecule has 2 heteroatoms. The van der Waals surface area contributed by atoms with E-state index in [4.69, 9.17) is 4.98 Å². The van der Waals surface area contributed by atoms with Crippen molar-refractivity contribution in [2.75, 3.05) is 0 Å². The highest BCUT2D eigenvalue weighted by Gasteiger charge is 2.38. The van der Waals surface area contributed by atoms with Crippen LogP contribution in [0.1, 0.15) is 25.0 Å². The first-order valence-electron chi connectivity index (χ1n) is 17.4. The molecule has 1 aliphatic carbocycles. The molecule has 0 aliphatic heterocycles. The molecule has 0 bridgehead atoms. The molecule has 0 saturated carbocycles. The van der Waals surface area contributed by atoms with Gasteiger partial charge < -0.3 is 4.57 Å². The van der Waals surface area contributed by atoms with Crippen molar-refractivity contribution < 1.29 is 0 Å². The first-order valence-corrected chi connectivity index (χ1v) is 17.4. The standard InChI is InChI=1S/C48H34N2/c1-48(2)41-21-11-8-20-39(41)46-40(28-33-16-6-7-17-36(33)47(46)48)34-29-42(31-14-4-3-5-15-31)49-43(30-34)32-24-26-35(27-25-32)50-44-22-12-9-18-37(44)38-19-10-13-23-45(38)50/h3-30H,1-2H3. The molecular formula is C48H34N2. The summed E-state index contributed by atoms with van der Waals surface area (Å²) in [4.78, 5) is 5.31. The second-order valence-electron chi connectivity index (χ2n) is 14.0. The highest BCUT2D eigenvalue weighted by atomic mass is 15.0. The van der Waals surface area contributed by atoms with E-state index in [2.05, 4.69) is 188 Å². The second kappa shape index (κ2) is 10.9. The van der Waals surface area contributed by atoms with E-state index in [1.165, 1.54) is 66.0 Å². The minimum Gasteiger partial charge on any atom is -0.309 e. The van der Waals surface area contributed by atoms with Crippen molar-refractivity contribution in [3.63, 3.8) is 0 Å². The molecule has 0 unspecified atom stereocenters. The van der Waals surface area contributed by atoms with Crippen molar-refractivity contribution in [1.29, 1.82) is 0 Å². The summed E-state index contributed by atoms with van der Waals surface area (Å²) in [6.45, 7) is 4.75. The summed E-state index contributed by atoms with van der Waals surface area (Å²) in [6.07, 6.45) is 0. The Bertz CT molecular complexity index is 2710. The van der Waals surface area contributed by atoms with Crippen LogP contribution in [0.5, 0.6) is 0 Å². The van der Waals surface area contributed by atoms with Crippen LogP contribution in [0.25, 0.3) is 83.0 Å². The molecule has 0 spiro atoms. The van der Waals surface area contributed by atoms with Crippen LogP contribution in [0.15, 0.2) is 170 Å².